The lowest BCUT2D eigenvalue weighted by atomic mass is 10.1. The number of carbonyl (C=O) groups is 1. The molecule has 170 valence electrons. The van der Waals surface area contributed by atoms with Crippen molar-refractivity contribution in [1.82, 2.24) is 9.88 Å². The Morgan fingerprint density at radius 1 is 1.09 bits per heavy atom. The molecule has 1 aliphatic heterocycles. The first kappa shape index (κ1) is 22.5. The minimum absolute atomic E-state index is 0.0223. The summed E-state index contributed by atoms with van der Waals surface area (Å²) in [6, 6.07) is 6.46. The molecule has 1 aromatic heterocycles. The zero-order valence-corrected chi connectivity index (χ0v) is 18.4. The molecular formula is C21H19F3N2O4S2. The van der Waals surface area contributed by atoms with Crippen LogP contribution >= 0.6 is 11.3 Å². The van der Waals surface area contributed by atoms with Crippen molar-refractivity contribution in [2.75, 3.05) is 18.8 Å². The predicted molar refractivity (Wildman–Crippen MR) is 113 cm³/mol. The van der Waals surface area contributed by atoms with E-state index in [0.717, 1.165) is 29.5 Å². The Balaban J connectivity index is 1.29. The number of aromatic nitrogens is 1. The van der Waals surface area contributed by atoms with Gasteiger partial charge in [0.05, 0.1) is 15.3 Å². The number of fused-ring (bicyclic) bond motifs is 1. The number of sulfone groups is 1. The molecule has 1 saturated heterocycles. The second-order valence-electron chi connectivity index (χ2n) is 7.43. The molecule has 3 aromatic rings. The number of hydrogen-bond donors (Lipinski definition) is 0. The fourth-order valence-corrected chi connectivity index (χ4v) is 5.64. The summed E-state index contributed by atoms with van der Waals surface area (Å²) in [6.07, 6.45) is 0.593. The third-order valence-corrected chi connectivity index (χ3v) is 7.84. The van der Waals surface area contributed by atoms with Crippen molar-refractivity contribution in [2.24, 2.45) is 0 Å². The van der Waals surface area contributed by atoms with Gasteiger partial charge in [-0.25, -0.2) is 21.6 Å². The van der Waals surface area contributed by atoms with E-state index in [9.17, 15) is 26.4 Å². The van der Waals surface area contributed by atoms with E-state index in [1.165, 1.54) is 18.2 Å². The predicted octanol–water partition coefficient (Wildman–Crippen LogP) is 3.95. The molecule has 4 rings (SSSR count). The zero-order valence-electron chi connectivity index (χ0n) is 16.8. The Bertz CT molecular complexity index is 1240. The van der Waals surface area contributed by atoms with Crippen LogP contribution < -0.4 is 4.74 Å². The van der Waals surface area contributed by atoms with Crippen LogP contribution in [0.15, 0.2) is 41.3 Å². The molecule has 0 unspecified atom stereocenters. The minimum Gasteiger partial charge on any atom is -0.467 e. The average Bonchev–Trinajstić information content (AvgIpc) is 3.15. The standard InChI is InChI=1S/C21H19F3N2O4S2/c22-13-1-3-16(4-2-13)32(28,29)10-7-19(27)26-8-5-15(6-9-26)30-21-25-20-17(24)11-14(23)12-18(20)31-21/h1-4,11-12,15H,5-10H2. The van der Waals surface area contributed by atoms with Crippen molar-refractivity contribution >= 4 is 37.3 Å². The monoisotopic (exact) mass is 484 g/mol. The van der Waals surface area contributed by atoms with Gasteiger partial charge in [-0.15, -0.1) is 0 Å². The van der Waals surface area contributed by atoms with E-state index in [0.29, 0.717) is 30.6 Å². The van der Waals surface area contributed by atoms with Crippen molar-refractivity contribution in [2.45, 2.75) is 30.3 Å². The summed E-state index contributed by atoms with van der Waals surface area (Å²) in [4.78, 5) is 18.1. The topological polar surface area (TPSA) is 76.6 Å². The maximum Gasteiger partial charge on any atom is 0.274 e. The number of nitrogens with zero attached hydrogens (tertiary/aromatic N) is 2. The number of rotatable bonds is 6. The fourth-order valence-electron chi connectivity index (χ4n) is 3.49. The summed E-state index contributed by atoms with van der Waals surface area (Å²) in [6.45, 7) is 0.766. The maximum atomic E-state index is 13.8. The first-order chi connectivity index (χ1) is 15.2. The summed E-state index contributed by atoms with van der Waals surface area (Å²) >= 11 is 1.05. The van der Waals surface area contributed by atoms with Crippen LogP contribution in [0.1, 0.15) is 19.3 Å². The van der Waals surface area contributed by atoms with Gasteiger partial charge < -0.3 is 9.64 Å². The molecule has 0 radical (unpaired) electrons. The molecule has 11 heteroatoms. The molecule has 1 aliphatic rings. The van der Waals surface area contributed by atoms with Crippen molar-refractivity contribution in [3.63, 3.8) is 0 Å². The van der Waals surface area contributed by atoms with Crippen LogP contribution in [0.5, 0.6) is 5.19 Å². The van der Waals surface area contributed by atoms with Crippen molar-refractivity contribution in [1.29, 1.82) is 0 Å². The summed E-state index contributed by atoms with van der Waals surface area (Å²) in [7, 11) is -3.68. The van der Waals surface area contributed by atoms with Crippen LogP contribution in [-0.4, -0.2) is 49.2 Å². The summed E-state index contributed by atoms with van der Waals surface area (Å²) in [5, 5.41) is 0.236. The quantitative estimate of drug-likeness (QED) is 0.496. The SMILES string of the molecule is O=C(CCS(=O)(=O)c1ccc(F)cc1)N1CCC(Oc2nc3c(F)cc(F)cc3s2)CC1. The van der Waals surface area contributed by atoms with Gasteiger partial charge in [-0.3, -0.25) is 4.79 Å². The molecule has 32 heavy (non-hydrogen) atoms. The Hall–Kier alpha value is -2.66. The van der Waals surface area contributed by atoms with Crippen LogP contribution in [0.4, 0.5) is 13.2 Å². The van der Waals surface area contributed by atoms with E-state index in [1.807, 2.05) is 0 Å². The fraction of sp³-hybridized carbons (Fsp3) is 0.333. The maximum absolute atomic E-state index is 13.8. The van der Waals surface area contributed by atoms with E-state index in [4.69, 9.17) is 4.74 Å². The summed E-state index contributed by atoms with van der Waals surface area (Å²) < 4.78 is 71.0. The second kappa shape index (κ2) is 9.07. The van der Waals surface area contributed by atoms with Gasteiger partial charge in [0, 0.05) is 38.4 Å². The number of amides is 1. The molecule has 6 nitrogen and oxygen atoms in total. The highest BCUT2D eigenvalue weighted by Crippen LogP contribution is 2.32. The molecule has 1 amide bonds. The van der Waals surface area contributed by atoms with Gasteiger partial charge in [0.25, 0.3) is 5.19 Å². The van der Waals surface area contributed by atoms with Crippen LogP contribution in [0.3, 0.4) is 0 Å². The zero-order chi connectivity index (χ0) is 22.9. The molecule has 0 saturated carbocycles. The van der Waals surface area contributed by atoms with E-state index in [2.05, 4.69) is 4.98 Å². The first-order valence-corrected chi connectivity index (χ1v) is 12.4. The van der Waals surface area contributed by atoms with E-state index < -0.39 is 27.3 Å². The van der Waals surface area contributed by atoms with E-state index >= 15 is 0 Å². The van der Waals surface area contributed by atoms with Crippen LogP contribution in [-0.2, 0) is 14.6 Å². The molecule has 0 atom stereocenters. The lowest BCUT2D eigenvalue weighted by Gasteiger charge is -2.31. The Morgan fingerprint density at radius 2 is 1.78 bits per heavy atom. The van der Waals surface area contributed by atoms with Gasteiger partial charge in [0.2, 0.25) is 5.91 Å². The molecule has 0 N–H and O–H groups in total. The van der Waals surface area contributed by atoms with Gasteiger partial charge >= 0.3 is 0 Å². The number of ether oxygens (including phenoxy) is 1. The minimum atomic E-state index is -3.68. The van der Waals surface area contributed by atoms with E-state index in [1.54, 1.807) is 4.90 Å². The van der Waals surface area contributed by atoms with Crippen LogP contribution in [0, 0.1) is 17.5 Å². The number of thiazole rings is 1. The lowest BCUT2D eigenvalue weighted by molar-refractivity contribution is -0.132. The van der Waals surface area contributed by atoms with Gasteiger partial charge in [-0.1, -0.05) is 11.3 Å². The Morgan fingerprint density at radius 3 is 2.47 bits per heavy atom. The third kappa shape index (κ3) is 5.04. The average molecular weight is 485 g/mol. The van der Waals surface area contributed by atoms with Crippen LogP contribution in [0.2, 0.25) is 0 Å². The third-order valence-electron chi connectivity index (χ3n) is 5.21. The molecule has 0 spiro atoms. The van der Waals surface area contributed by atoms with E-state index in [-0.39, 0.29) is 39.8 Å². The number of benzene rings is 2. The molecule has 0 bridgehead atoms. The Kier molecular flexibility index (Phi) is 6.38. The number of hydrogen-bond acceptors (Lipinski definition) is 6. The summed E-state index contributed by atoms with van der Waals surface area (Å²) in [5.74, 6) is -2.61. The van der Waals surface area contributed by atoms with Crippen molar-refractivity contribution in [3.8, 4) is 5.19 Å². The highest BCUT2D eigenvalue weighted by molar-refractivity contribution is 7.91. The molecular weight excluding hydrogens is 465 g/mol. The highest BCUT2D eigenvalue weighted by atomic mass is 32.2. The van der Waals surface area contributed by atoms with Gasteiger partial charge in [-0.05, 0) is 30.3 Å². The second-order valence-corrected chi connectivity index (χ2v) is 10.5. The van der Waals surface area contributed by atoms with Gasteiger partial charge in [-0.2, -0.15) is 4.98 Å². The molecule has 2 aromatic carbocycles. The highest BCUT2D eigenvalue weighted by Gasteiger charge is 2.26. The summed E-state index contributed by atoms with van der Waals surface area (Å²) in [5.41, 5.74) is 0.0568. The molecule has 1 fully saturated rings. The molecule has 0 aliphatic carbocycles. The number of piperidine rings is 1. The number of carbonyl (C=O) groups excluding carboxylic acids is 1. The van der Waals surface area contributed by atoms with Crippen LogP contribution in [0.25, 0.3) is 10.2 Å². The molecule has 2 heterocycles. The van der Waals surface area contributed by atoms with Gasteiger partial charge in [0.15, 0.2) is 15.7 Å². The Labute approximate surface area is 186 Å². The van der Waals surface area contributed by atoms with Gasteiger partial charge in [0.1, 0.15) is 23.3 Å². The van der Waals surface area contributed by atoms with Crippen molar-refractivity contribution in [3.05, 3.63) is 53.8 Å². The normalized spacial score (nSPS) is 15.3. The lowest BCUT2D eigenvalue weighted by Crippen LogP contribution is -2.42. The largest absolute Gasteiger partial charge is 0.467 e. The number of halogens is 3. The number of likely N-dealkylation sites (tertiary alicyclic amines) is 1. The van der Waals surface area contributed by atoms with Crippen molar-refractivity contribution < 1.29 is 31.1 Å². The first-order valence-electron chi connectivity index (χ1n) is 9.89. The smallest absolute Gasteiger partial charge is 0.274 e.